The smallest absolute Gasteiger partial charge is 0.191 e. The van der Waals surface area contributed by atoms with Gasteiger partial charge >= 0.3 is 0 Å². The van der Waals surface area contributed by atoms with Crippen molar-refractivity contribution in [2.24, 2.45) is 0 Å². The molecule has 2 aromatic heterocycles. The summed E-state index contributed by atoms with van der Waals surface area (Å²) in [6.07, 6.45) is 3.44. The topological polar surface area (TPSA) is 61.0 Å². The highest BCUT2D eigenvalue weighted by Crippen LogP contribution is 2.39. The summed E-state index contributed by atoms with van der Waals surface area (Å²) >= 11 is 3.33. The van der Waals surface area contributed by atoms with Crippen molar-refractivity contribution in [3.05, 3.63) is 46.3 Å². The Balaban J connectivity index is 1.60. The molecule has 6 heteroatoms. The van der Waals surface area contributed by atoms with Crippen LogP contribution in [-0.2, 0) is 23.5 Å². The fraction of sp³-hybridized carbons (Fsp3) is 0.368. The van der Waals surface area contributed by atoms with Gasteiger partial charge in [0.15, 0.2) is 5.16 Å². The monoisotopic (exact) mass is 371 g/mol. The van der Waals surface area contributed by atoms with Gasteiger partial charge in [0, 0.05) is 17.1 Å². The average molecular weight is 372 g/mol. The zero-order valence-electron chi connectivity index (χ0n) is 14.2. The van der Waals surface area contributed by atoms with E-state index in [1.54, 1.807) is 23.1 Å². The Labute approximate surface area is 155 Å². The molecule has 2 N–H and O–H groups in total. The zero-order valence-corrected chi connectivity index (χ0v) is 15.8. The predicted molar refractivity (Wildman–Crippen MR) is 105 cm³/mol. The number of nitrogen functional groups attached to an aromatic ring is 1. The average Bonchev–Trinajstić information content (AvgIpc) is 2.99. The Hall–Kier alpha value is -1.63. The first kappa shape index (κ1) is 16.8. The summed E-state index contributed by atoms with van der Waals surface area (Å²) < 4.78 is 5.97. The van der Waals surface area contributed by atoms with Crippen LogP contribution in [-0.4, -0.2) is 16.1 Å². The second kappa shape index (κ2) is 7.32. The number of thioether (sulfide) groups is 1. The number of aromatic nitrogens is 2. The van der Waals surface area contributed by atoms with Crippen LogP contribution >= 0.6 is 23.1 Å². The summed E-state index contributed by atoms with van der Waals surface area (Å²) in [5.74, 6) is 1.45. The van der Waals surface area contributed by atoms with Gasteiger partial charge in [-0.1, -0.05) is 55.4 Å². The van der Waals surface area contributed by atoms with E-state index in [2.05, 4.69) is 24.0 Å². The number of anilines is 1. The highest BCUT2D eigenvalue weighted by molar-refractivity contribution is 7.98. The lowest BCUT2D eigenvalue weighted by molar-refractivity contribution is 0.0254. The number of rotatable bonds is 5. The minimum absolute atomic E-state index is 0.293. The third-order valence-corrected chi connectivity index (χ3v) is 6.46. The van der Waals surface area contributed by atoms with Gasteiger partial charge in [0.1, 0.15) is 10.6 Å². The molecule has 3 heterocycles. The maximum atomic E-state index is 6.32. The van der Waals surface area contributed by atoms with Crippen LogP contribution in [0.4, 0.5) is 5.82 Å². The van der Waals surface area contributed by atoms with Crippen LogP contribution in [0, 0.1) is 0 Å². The molecule has 1 aliphatic heterocycles. The van der Waals surface area contributed by atoms with Crippen molar-refractivity contribution in [2.45, 2.75) is 49.8 Å². The summed E-state index contributed by atoms with van der Waals surface area (Å²) in [4.78, 5) is 11.6. The van der Waals surface area contributed by atoms with Crippen LogP contribution < -0.4 is 5.73 Å². The zero-order chi connectivity index (χ0) is 17.2. The first-order chi connectivity index (χ1) is 12.2. The van der Waals surface area contributed by atoms with E-state index in [0.29, 0.717) is 18.5 Å². The summed E-state index contributed by atoms with van der Waals surface area (Å²) in [5.41, 5.74) is 8.88. The van der Waals surface area contributed by atoms with E-state index >= 15 is 0 Å². The van der Waals surface area contributed by atoms with Crippen molar-refractivity contribution in [1.29, 1.82) is 0 Å². The third-order valence-electron chi connectivity index (χ3n) is 4.44. The minimum atomic E-state index is 0.293. The van der Waals surface area contributed by atoms with Crippen LogP contribution in [0.3, 0.4) is 0 Å². The maximum absolute atomic E-state index is 6.32. The summed E-state index contributed by atoms with van der Waals surface area (Å²) in [6.45, 7) is 2.87. The minimum Gasteiger partial charge on any atom is -0.383 e. The molecule has 130 valence electrons. The SMILES string of the molecule is CCC[C@@H]1Cc2c(sc3nc(SCc4ccccc4)nc(N)c23)CO1. The summed E-state index contributed by atoms with van der Waals surface area (Å²) in [6, 6.07) is 10.4. The van der Waals surface area contributed by atoms with E-state index in [9.17, 15) is 0 Å². The van der Waals surface area contributed by atoms with Gasteiger partial charge in [-0.25, -0.2) is 9.97 Å². The lowest BCUT2D eigenvalue weighted by Crippen LogP contribution is -2.21. The summed E-state index contributed by atoms with van der Waals surface area (Å²) in [5, 5.41) is 1.80. The van der Waals surface area contributed by atoms with Gasteiger partial charge in [0.2, 0.25) is 0 Å². The molecule has 25 heavy (non-hydrogen) atoms. The number of hydrogen-bond donors (Lipinski definition) is 1. The van der Waals surface area contributed by atoms with E-state index in [1.165, 1.54) is 16.0 Å². The van der Waals surface area contributed by atoms with Gasteiger partial charge in [-0.2, -0.15) is 0 Å². The molecule has 3 aromatic rings. The van der Waals surface area contributed by atoms with Gasteiger partial charge < -0.3 is 10.5 Å². The lowest BCUT2D eigenvalue weighted by atomic mass is 10.0. The van der Waals surface area contributed by atoms with Crippen LogP contribution in [0.2, 0.25) is 0 Å². The number of hydrogen-bond acceptors (Lipinski definition) is 6. The molecular weight excluding hydrogens is 350 g/mol. The predicted octanol–water partition coefficient (Wildman–Crippen LogP) is 4.81. The van der Waals surface area contributed by atoms with Gasteiger partial charge in [-0.15, -0.1) is 11.3 Å². The molecule has 0 spiro atoms. The molecule has 0 amide bonds. The molecular formula is C19H21N3OS2. The normalized spacial score (nSPS) is 16.9. The molecule has 0 saturated heterocycles. The molecule has 4 rings (SSSR count). The molecule has 4 nitrogen and oxygen atoms in total. The van der Waals surface area contributed by atoms with Crippen molar-refractivity contribution in [1.82, 2.24) is 9.97 Å². The molecule has 1 aromatic carbocycles. The van der Waals surface area contributed by atoms with Gasteiger partial charge in [-0.3, -0.25) is 0 Å². The molecule has 1 aliphatic rings. The molecule has 1 atom stereocenters. The van der Waals surface area contributed by atoms with E-state index in [0.717, 1.165) is 40.4 Å². The fourth-order valence-corrected chi connectivity index (χ4v) is 5.21. The van der Waals surface area contributed by atoms with E-state index in [-0.39, 0.29) is 0 Å². The van der Waals surface area contributed by atoms with Crippen LogP contribution in [0.25, 0.3) is 10.2 Å². The first-order valence-corrected chi connectivity index (χ1v) is 10.4. The Morgan fingerprint density at radius 3 is 2.92 bits per heavy atom. The number of nitrogens with zero attached hydrogens (tertiary/aromatic N) is 2. The third kappa shape index (κ3) is 3.52. The van der Waals surface area contributed by atoms with Crippen LogP contribution in [0.15, 0.2) is 35.5 Å². The Kier molecular flexibility index (Phi) is 4.92. The molecule has 0 unspecified atom stereocenters. The second-order valence-electron chi connectivity index (χ2n) is 6.28. The van der Waals surface area contributed by atoms with Crippen molar-refractivity contribution in [2.75, 3.05) is 5.73 Å². The highest BCUT2D eigenvalue weighted by Gasteiger charge is 2.25. The molecule has 0 bridgehead atoms. The van der Waals surface area contributed by atoms with E-state index in [1.807, 2.05) is 18.2 Å². The Bertz CT molecular complexity index is 879. The van der Waals surface area contributed by atoms with Crippen molar-refractivity contribution in [3.8, 4) is 0 Å². The summed E-state index contributed by atoms with van der Waals surface area (Å²) in [7, 11) is 0. The largest absolute Gasteiger partial charge is 0.383 e. The fourth-order valence-electron chi connectivity index (χ4n) is 3.22. The van der Waals surface area contributed by atoms with E-state index in [4.69, 9.17) is 15.5 Å². The molecule has 0 radical (unpaired) electrons. The number of nitrogens with two attached hydrogens (primary N) is 1. The highest BCUT2D eigenvalue weighted by atomic mass is 32.2. The lowest BCUT2D eigenvalue weighted by Gasteiger charge is -2.22. The maximum Gasteiger partial charge on any atom is 0.191 e. The first-order valence-electron chi connectivity index (χ1n) is 8.60. The molecule has 0 aliphatic carbocycles. The van der Waals surface area contributed by atoms with Gasteiger partial charge in [-0.05, 0) is 17.5 Å². The van der Waals surface area contributed by atoms with Gasteiger partial charge in [0.25, 0.3) is 0 Å². The number of thiophene rings is 1. The Morgan fingerprint density at radius 1 is 1.28 bits per heavy atom. The number of ether oxygens (including phenoxy) is 1. The molecule has 0 fully saturated rings. The number of benzene rings is 1. The number of fused-ring (bicyclic) bond motifs is 3. The standard InChI is InChI=1S/C19H21N3OS2/c1-2-6-13-9-14-15(10-23-13)25-18-16(14)17(20)21-19(22-18)24-11-12-7-4-3-5-8-12/h3-5,7-8,13H,2,6,9-11H2,1H3,(H2,20,21,22)/t13-/m1/s1. The van der Waals surface area contributed by atoms with E-state index < -0.39 is 0 Å². The molecule has 0 saturated carbocycles. The quantitative estimate of drug-likeness (QED) is 0.515. The van der Waals surface area contributed by atoms with Crippen molar-refractivity contribution in [3.63, 3.8) is 0 Å². The second-order valence-corrected chi connectivity index (χ2v) is 8.30. The Morgan fingerprint density at radius 2 is 2.12 bits per heavy atom. The van der Waals surface area contributed by atoms with Gasteiger partial charge in [0.05, 0.1) is 18.1 Å². The van der Waals surface area contributed by atoms with Crippen molar-refractivity contribution >= 4 is 39.1 Å². The van der Waals surface area contributed by atoms with Crippen molar-refractivity contribution < 1.29 is 4.74 Å². The van der Waals surface area contributed by atoms with Crippen LogP contribution in [0.1, 0.15) is 35.8 Å². The van der Waals surface area contributed by atoms with Crippen LogP contribution in [0.5, 0.6) is 0 Å².